The minimum Gasteiger partial charge on any atom is -0.100 e. The highest BCUT2D eigenvalue weighted by molar-refractivity contribution is 5.01. The minimum absolute atomic E-state index is 0.795. The van der Waals surface area contributed by atoms with Gasteiger partial charge in [0.1, 0.15) is 0 Å². The van der Waals surface area contributed by atoms with Crippen LogP contribution in [-0.4, -0.2) is 0 Å². The van der Waals surface area contributed by atoms with Gasteiger partial charge in [0.25, 0.3) is 0 Å². The maximum atomic E-state index is 3.99. The third kappa shape index (κ3) is 24.1. The molecule has 190 valence electrons. The van der Waals surface area contributed by atoms with Gasteiger partial charge in [0.05, 0.1) is 0 Å². The van der Waals surface area contributed by atoms with Crippen molar-refractivity contribution in [3.63, 3.8) is 0 Å². The van der Waals surface area contributed by atoms with E-state index in [0.717, 1.165) is 5.92 Å². The molecule has 0 nitrogen and oxygen atoms in total. The molecule has 1 atom stereocenters. The maximum absolute atomic E-state index is 3.99. The molecule has 0 N–H and O–H groups in total. The molecule has 0 saturated heterocycles. The van der Waals surface area contributed by atoms with Crippen molar-refractivity contribution in [2.75, 3.05) is 0 Å². The summed E-state index contributed by atoms with van der Waals surface area (Å²) in [6.45, 7) is 13.2. The largest absolute Gasteiger partial charge is 0.100 e. The van der Waals surface area contributed by atoms with Gasteiger partial charge in [-0.3, -0.25) is 0 Å². The fourth-order valence-corrected chi connectivity index (χ4v) is 4.68. The van der Waals surface area contributed by atoms with Crippen LogP contribution in [0.1, 0.15) is 175 Å². The molecule has 0 rings (SSSR count). The van der Waals surface area contributed by atoms with Crippen molar-refractivity contribution in [3.8, 4) is 0 Å². The monoisotopic (exact) mass is 446 g/mol. The van der Waals surface area contributed by atoms with E-state index in [1.165, 1.54) is 153 Å². The van der Waals surface area contributed by atoms with Gasteiger partial charge < -0.3 is 0 Å². The summed E-state index contributed by atoms with van der Waals surface area (Å²) in [4.78, 5) is 0. The summed E-state index contributed by atoms with van der Waals surface area (Å²) >= 11 is 0. The zero-order valence-electron chi connectivity index (χ0n) is 23.1. The van der Waals surface area contributed by atoms with Crippen LogP contribution in [0, 0.1) is 5.92 Å². The lowest BCUT2D eigenvalue weighted by Crippen LogP contribution is -1.96. The van der Waals surface area contributed by atoms with Crippen LogP contribution in [0.5, 0.6) is 0 Å². The van der Waals surface area contributed by atoms with E-state index in [1.54, 1.807) is 5.57 Å². The van der Waals surface area contributed by atoms with Gasteiger partial charge >= 0.3 is 0 Å². The average molecular weight is 447 g/mol. The van der Waals surface area contributed by atoms with Gasteiger partial charge in [-0.25, -0.2) is 0 Å². The van der Waals surface area contributed by atoms with Gasteiger partial charge in [-0.2, -0.15) is 0 Å². The first-order valence-corrected chi connectivity index (χ1v) is 14.9. The summed E-state index contributed by atoms with van der Waals surface area (Å²) in [6, 6.07) is 0. The Kier molecular flexibility index (Phi) is 24.7. The van der Waals surface area contributed by atoms with Crippen molar-refractivity contribution in [1.82, 2.24) is 0 Å². The van der Waals surface area contributed by atoms with E-state index in [9.17, 15) is 0 Å². The predicted molar refractivity (Wildman–Crippen MR) is 150 cm³/mol. The van der Waals surface area contributed by atoms with E-state index in [1.807, 2.05) is 0 Å². The third-order valence-corrected chi connectivity index (χ3v) is 7.29. The van der Waals surface area contributed by atoms with Crippen molar-refractivity contribution >= 4 is 0 Å². The number of rotatable bonds is 25. The lowest BCUT2D eigenvalue weighted by Gasteiger charge is -2.12. The van der Waals surface area contributed by atoms with Gasteiger partial charge in [0.15, 0.2) is 0 Å². The van der Waals surface area contributed by atoms with Gasteiger partial charge in [-0.05, 0) is 51.9 Å². The highest BCUT2D eigenvalue weighted by Gasteiger charge is 2.03. The lowest BCUT2D eigenvalue weighted by molar-refractivity contribution is 0.527. The average Bonchev–Trinajstić information content (AvgIpc) is 2.77. The first-order chi connectivity index (χ1) is 15.6. The second kappa shape index (κ2) is 25.1. The molecular weight excluding hydrogens is 384 g/mol. The topological polar surface area (TPSA) is 0 Å². The van der Waals surface area contributed by atoms with Crippen LogP contribution in [0.15, 0.2) is 23.8 Å². The second-order valence-electron chi connectivity index (χ2n) is 10.9. The highest BCUT2D eigenvalue weighted by atomic mass is 14.1. The fraction of sp³-hybridized carbons (Fsp3) is 0.875. The number of unbranched alkanes of at least 4 members (excludes halogenated alkanes) is 19. The molecule has 0 aliphatic carbocycles. The lowest BCUT2D eigenvalue weighted by atomic mass is 9.94. The Morgan fingerprint density at radius 3 is 1.47 bits per heavy atom. The summed E-state index contributed by atoms with van der Waals surface area (Å²) in [6.07, 6.45) is 35.2. The SMILES string of the molecule is C=C(C)CCCCCCCCCCCCCCCCCC=C(C)C(C)CCCCCCC. The smallest absolute Gasteiger partial charge is 0.0234 e. The standard InChI is InChI=1S/C32H62/c1-6-7-8-21-25-28-31(4)32(5)29-26-23-20-18-16-14-12-10-9-11-13-15-17-19-22-24-27-30(2)3/h29,31H,2,6-28H2,1,3-5H3. The van der Waals surface area contributed by atoms with Crippen LogP contribution >= 0.6 is 0 Å². The van der Waals surface area contributed by atoms with Crippen molar-refractivity contribution in [2.24, 2.45) is 5.92 Å². The van der Waals surface area contributed by atoms with Crippen LogP contribution in [0.25, 0.3) is 0 Å². The molecule has 0 aromatic carbocycles. The zero-order valence-corrected chi connectivity index (χ0v) is 23.1. The highest BCUT2D eigenvalue weighted by Crippen LogP contribution is 2.20. The molecule has 0 aliphatic heterocycles. The Balaban J connectivity index is 3.30. The van der Waals surface area contributed by atoms with E-state index in [2.05, 4.69) is 40.3 Å². The van der Waals surface area contributed by atoms with Crippen LogP contribution in [-0.2, 0) is 0 Å². The molecular formula is C32H62. The minimum atomic E-state index is 0.795. The number of allylic oxidation sites excluding steroid dienone is 3. The van der Waals surface area contributed by atoms with E-state index in [0.29, 0.717) is 0 Å². The number of hydrogen-bond acceptors (Lipinski definition) is 0. The van der Waals surface area contributed by atoms with Gasteiger partial charge in [0, 0.05) is 0 Å². The summed E-state index contributed by atoms with van der Waals surface area (Å²) in [7, 11) is 0. The quantitative estimate of drug-likeness (QED) is 0.0965. The first-order valence-electron chi connectivity index (χ1n) is 14.9. The van der Waals surface area contributed by atoms with Crippen LogP contribution in [0.3, 0.4) is 0 Å². The summed E-state index contributed by atoms with van der Waals surface area (Å²) in [5, 5.41) is 0. The second-order valence-corrected chi connectivity index (χ2v) is 10.9. The molecule has 0 aliphatic rings. The normalized spacial score (nSPS) is 12.9. The molecule has 0 amide bonds. The molecule has 0 fully saturated rings. The molecule has 32 heavy (non-hydrogen) atoms. The van der Waals surface area contributed by atoms with E-state index in [4.69, 9.17) is 0 Å². The molecule has 0 spiro atoms. The maximum Gasteiger partial charge on any atom is -0.0234 e. The third-order valence-electron chi connectivity index (χ3n) is 7.29. The van der Waals surface area contributed by atoms with Gasteiger partial charge in [-0.1, -0.05) is 147 Å². The van der Waals surface area contributed by atoms with Gasteiger partial charge in [-0.15, -0.1) is 6.58 Å². The summed E-state index contributed by atoms with van der Waals surface area (Å²) < 4.78 is 0. The predicted octanol–water partition coefficient (Wildman–Crippen LogP) is 12.1. The summed E-state index contributed by atoms with van der Waals surface area (Å²) in [5.74, 6) is 0.795. The van der Waals surface area contributed by atoms with Crippen molar-refractivity contribution in [2.45, 2.75) is 175 Å². The molecule has 1 unspecified atom stereocenters. The first kappa shape index (κ1) is 31.5. The molecule has 0 heteroatoms. The van der Waals surface area contributed by atoms with E-state index < -0.39 is 0 Å². The van der Waals surface area contributed by atoms with Crippen LogP contribution < -0.4 is 0 Å². The van der Waals surface area contributed by atoms with Crippen molar-refractivity contribution in [3.05, 3.63) is 23.8 Å². The number of hydrogen-bond donors (Lipinski definition) is 0. The Bertz CT molecular complexity index is 416. The fourth-order valence-electron chi connectivity index (χ4n) is 4.68. The molecule has 0 radical (unpaired) electrons. The zero-order chi connectivity index (χ0) is 23.7. The molecule has 0 bridgehead atoms. The van der Waals surface area contributed by atoms with Crippen molar-refractivity contribution in [1.29, 1.82) is 0 Å². The van der Waals surface area contributed by atoms with Crippen LogP contribution in [0.2, 0.25) is 0 Å². The van der Waals surface area contributed by atoms with E-state index >= 15 is 0 Å². The van der Waals surface area contributed by atoms with E-state index in [-0.39, 0.29) is 0 Å². The molecule has 0 aromatic heterocycles. The van der Waals surface area contributed by atoms with Gasteiger partial charge in [0.2, 0.25) is 0 Å². The summed E-state index contributed by atoms with van der Waals surface area (Å²) in [5.41, 5.74) is 2.99. The molecule has 0 aromatic rings. The Labute approximate surface area is 205 Å². The van der Waals surface area contributed by atoms with Crippen LogP contribution in [0.4, 0.5) is 0 Å². The van der Waals surface area contributed by atoms with Crippen molar-refractivity contribution < 1.29 is 0 Å². The Morgan fingerprint density at radius 1 is 0.594 bits per heavy atom. The molecule has 0 heterocycles. The Hall–Kier alpha value is -0.520. The molecule has 0 saturated carbocycles. The Morgan fingerprint density at radius 2 is 1.00 bits per heavy atom.